The lowest BCUT2D eigenvalue weighted by Crippen LogP contribution is -2.04. The van der Waals surface area contributed by atoms with Gasteiger partial charge in [0.05, 0.1) is 0 Å². The summed E-state index contributed by atoms with van der Waals surface area (Å²) in [6.45, 7) is 0. The van der Waals surface area contributed by atoms with Gasteiger partial charge in [-0.25, -0.2) is 5.10 Å². The quantitative estimate of drug-likeness (QED) is 0.756. The number of carbonyl (C=O) groups excluding carboxylic acids is 1. The molecule has 0 fully saturated rings. The Balaban J connectivity index is 2.36. The molecule has 0 bridgehead atoms. The fourth-order valence-corrected chi connectivity index (χ4v) is 1.22. The van der Waals surface area contributed by atoms with Crippen LogP contribution in [-0.4, -0.2) is 26.9 Å². The van der Waals surface area contributed by atoms with E-state index in [1.165, 1.54) is 0 Å². The van der Waals surface area contributed by atoms with E-state index in [-0.39, 0.29) is 0 Å². The van der Waals surface area contributed by atoms with Gasteiger partial charge in [-0.3, -0.25) is 4.79 Å². The van der Waals surface area contributed by atoms with Crippen LogP contribution in [0.5, 0.6) is 0 Å². The van der Waals surface area contributed by atoms with Crippen molar-refractivity contribution in [3.05, 3.63) is 41.7 Å². The van der Waals surface area contributed by atoms with Crippen LogP contribution in [-0.2, 0) is 4.79 Å². The van der Waals surface area contributed by atoms with Crippen LogP contribution in [0.25, 0.3) is 0 Å². The molecule has 1 unspecified atom stereocenters. The minimum Gasteiger partial charge on any atom is -0.290 e. The number of tetrazole rings is 1. The van der Waals surface area contributed by atoms with Crippen LogP contribution in [0.3, 0.4) is 0 Å². The lowest BCUT2D eigenvalue weighted by molar-refractivity contribution is 0.547. The fraction of sp³-hybridized carbons (Fsp3) is 0.111. The Kier molecular flexibility index (Phi) is 2.31. The van der Waals surface area contributed by atoms with Gasteiger partial charge in [0.25, 0.3) is 0 Å². The summed E-state index contributed by atoms with van der Waals surface area (Å²) in [6.07, 6.45) is 1.90. The van der Waals surface area contributed by atoms with Gasteiger partial charge in [0.15, 0.2) is 5.82 Å². The third-order valence-electron chi connectivity index (χ3n) is 1.89. The van der Waals surface area contributed by atoms with Crippen molar-refractivity contribution in [3.63, 3.8) is 0 Å². The van der Waals surface area contributed by atoms with E-state index in [9.17, 15) is 4.79 Å². The van der Waals surface area contributed by atoms with Gasteiger partial charge < -0.3 is 0 Å². The number of aromatic amines is 1. The number of hydrogen-bond donors (Lipinski definition) is 1. The third-order valence-corrected chi connectivity index (χ3v) is 1.89. The number of hydrogen-bond acceptors (Lipinski definition) is 4. The minimum atomic E-state index is -0.536. The van der Waals surface area contributed by atoms with Crippen LogP contribution in [0.1, 0.15) is 17.3 Å². The molecule has 0 aliphatic heterocycles. The van der Waals surface area contributed by atoms with E-state index >= 15 is 0 Å². The molecule has 0 saturated heterocycles. The summed E-state index contributed by atoms with van der Waals surface area (Å²) in [5.41, 5.74) is 0.820. The molecule has 1 atom stereocenters. The highest BCUT2D eigenvalue weighted by Crippen LogP contribution is 2.17. The maximum Gasteiger partial charge on any atom is 0.214 e. The number of rotatable bonds is 3. The fourth-order valence-electron chi connectivity index (χ4n) is 1.22. The van der Waals surface area contributed by atoms with E-state index in [0.717, 1.165) is 5.56 Å². The van der Waals surface area contributed by atoms with Gasteiger partial charge in [-0.15, -0.1) is 5.10 Å². The molecule has 0 amide bonds. The van der Waals surface area contributed by atoms with Crippen molar-refractivity contribution >= 4 is 6.29 Å². The van der Waals surface area contributed by atoms with E-state index in [2.05, 4.69) is 20.6 Å². The molecular formula is C9H7N4O. The van der Waals surface area contributed by atoms with Gasteiger partial charge in [-0.05, 0) is 16.0 Å². The van der Waals surface area contributed by atoms with Gasteiger partial charge in [0.2, 0.25) is 6.29 Å². The second-order valence-electron chi connectivity index (χ2n) is 2.75. The molecule has 14 heavy (non-hydrogen) atoms. The first-order chi connectivity index (χ1) is 6.92. The first-order valence-corrected chi connectivity index (χ1v) is 4.08. The normalized spacial score (nSPS) is 12.3. The Morgan fingerprint density at radius 3 is 2.64 bits per heavy atom. The Hall–Kier alpha value is -2.04. The molecule has 2 rings (SSSR count). The molecule has 5 nitrogen and oxygen atoms in total. The third kappa shape index (κ3) is 1.52. The van der Waals surface area contributed by atoms with Gasteiger partial charge >= 0.3 is 0 Å². The highest BCUT2D eigenvalue weighted by atomic mass is 16.1. The maximum absolute atomic E-state index is 10.8. The molecule has 0 aliphatic rings. The van der Waals surface area contributed by atoms with Crippen molar-refractivity contribution in [2.75, 3.05) is 0 Å². The van der Waals surface area contributed by atoms with E-state index in [4.69, 9.17) is 0 Å². The first-order valence-electron chi connectivity index (χ1n) is 4.08. The number of benzene rings is 1. The lowest BCUT2D eigenvalue weighted by atomic mass is 10.0. The number of aromatic nitrogens is 4. The molecule has 0 aliphatic carbocycles. The van der Waals surface area contributed by atoms with E-state index < -0.39 is 5.92 Å². The van der Waals surface area contributed by atoms with Crippen LogP contribution in [0.15, 0.2) is 30.3 Å². The Morgan fingerprint density at radius 1 is 1.29 bits per heavy atom. The highest BCUT2D eigenvalue weighted by Gasteiger charge is 2.17. The lowest BCUT2D eigenvalue weighted by Gasteiger charge is -2.03. The van der Waals surface area contributed by atoms with Gasteiger partial charge in [-0.1, -0.05) is 30.3 Å². The molecule has 69 valence electrons. The molecule has 1 aromatic heterocycles. The van der Waals surface area contributed by atoms with Gasteiger partial charge in [0.1, 0.15) is 5.92 Å². The molecular weight excluding hydrogens is 180 g/mol. The molecule has 5 heteroatoms. The molecule has 0 saturated carbocycles. The van der Waals surface area contributed by atoms with Crippen LogP contribution in [0.4, 0.5) is 0 Å². The van der Waals surface area contributed by atoms with Crippen LogP contribution < -0.4 is 0 Å². The molecule has 1 radical (unpaired) electrons. The first kappa shape index (κ1) is 8.55. The SMILES string of the molecule is O=[C]C(c1ccccc1)c1nnn[nH]1. The van der Waals surface area contributed by atoms with Crippen molar-refractivity contribution in [2.45, 2.75) is 5.92 Å². The van der Waals surface area contributed by atoms with Crippen LogP contribution in [0, 0.1) is 0 Å². The number of nitrogens with one attached hydrogen (secondary N) is 1. The zero-order valence-electron chi connectivity index (χ0n) is 7.21. The molecule has 2 aromatic rings. The Morgan fingerprint density at radius 2 is 2.07 bits per heavy atom. The number of H-pyrrole nitrogens is 1. The predicted octanol–water partition coefficient (Wildman–Crippen LogP) is 0.441. The largest absolute Gasteiger partial charge is 0.290 e. The van der Waals surface area contributed by atoms with Crippen molar-refractivity contribution in [1.29, 1.82) is 0 Å². The number of nitrogens with zero attached hydrogens (tertiary/aromatic N) is 3. The maximum atomic E-state index is 10.8. The summed E-state index contributed by atoms with van der Waals surface area (Å²) in [5.74, 6) is -0.127. The highest BCUT2D eigenvalue weighted by molar-refractivity contribution is 5.66. The van der Waals surface area contributed by atoms with E-state index in [1.807, 2.05) is 36.6 Å². The Labute approximate surface area is 80.2 Å². The predicted molar refractivity (Wildman–Crippen MR) is 48.2 cm³/mol. The molecule has 1 heterocycles. The summed E-state index contributed by atoms with van der Waals surface area (Å²) in [5, 5.41) is 13.1. The second-order valence-corrected chi connectivity index (χ2v) is 2.75. The van der Waals surface area contributed by atoms with E-state index in [1.54, 1.807) is 0 Å². The summed E-state index contributed by atoms with van der Waals surface area (Å²) >= 11 is 0. The average Bonchev–Trinajstić information content (AvgIpc) is 2.74. The van der Waals surface area contributed by atoms with E-state index in [0.29, 0.717) is 5.82 Å². The smallest absolute Gasteiger partial charge is 0.214 e. The van der Waals surface area contributed by atoms with Crippen molar-refractivity contribution < 1.29 is 4.79 Å². The summed E-state index contributed by atoms with van der Waals surface area (Å²) < 4.78 is 0. The second kappa shape index (κ2) is 3.78. The zero-order chi connectivity index (χ0) is 9.80. The molecule has 1 aromatic carbocycles. The van der Waals surface area contributed by atoms with Crippen molar-refractivity contribution in [1.82, 2.24) is 20.6 Å². The van der Waals surface area contributed by atoms with Gasteiger partial charge in [0, 0.05) is 0 Å². The topological polar surface area (TPSA) is 71.5 Å². The minimum absolute atomic E-state index is 0.409. The Bertz CT molecular complexity index is 398. The molecule has 1 N–H and O–H groups in total. The zero-order valence-corrected chi connectivity index (χ0v) is 7.21. The monoisotopic (exact) mass is 187 g/mol. The summed E-state index contributed by atoms with van der Waals surface area (Å²) in [4.78, 5) is 10.8. The van der Waals surface area contributed by atoms with Gasteiger partial charge in [-0.2, -0.15) is 0 Å². The molecule has 0 spiro atoms. The van der Waals surface area contributed by atoms with Crippen LogP contribution in [0.2, 0.25) is 0 Å². The van der Waals surface area contributed by atoms with Crippen molar-refractivity contribution in [3.8, 4) is 0 Å². The van der Waals surface area contributed by atoms with Crippen molar-refractivity contribution in [2.24, 2.45) is 0 Å². The summed E-state index contributed by atoms with van der Waals surface area (Å²) in [6, 6.07) is 9.24. The average molecular weight is 187 g/mol. The van der Waals surface area contributed by atoms with Crippen LogP contribution >= 0.6 is 0 Å². The standard InChI is InChI=1S/C9H7N4O/c14-6-8(9-10-12-13-11-9)7-4-2-1-3-5-7/h1-5,8H,(H,10,11,12,13). The summed E-state index contributed by atoms with van der Waals surface area (Å²) in [7, 11) is 0.